The molecule has 35 heavy (non-hydrogen) atoms. The number of nitrogens with zero attached hydrogens (tertiary/aromatic N) is 5. The molecule has 4 aromatic rings. The Bertz CT molecular complexity index is 1400. The monoisotopic (exact) mass is 473 g/mol. The summed E-state index contributed by atoms with van der Waals surface area (Å²) in [5, 5.41) is 19.8. The number of hydrogen-bond acceptors (Lipinski definition) is 9. The molecule has 3 aromatic heterocycles. The van der Waals surface area contributed by atoms with E-state index in [0.717, 1.165) is 0 Å². The number of rotatable bonds is 9. The van der Waals surface area contributed by atoms with E-state index in [-0.39, 0.29) is 11.5 Å². The van der Waals surface area contributed by atoms with Gasteiger partial charge in [0.2, 0.25) is 0 Å². The Morgan fingerprint density at radius 2 is 1.86 bits per heavy atom. The number of methoxy groups -OCH3 is 1. The van der Waals surface area contributed by atoms with E-state index >= 15 is 0 Å². The third kappa shape index (κ3) is 5.08. The van der Waals surface area contributed by atoms with Crippen molar-refractivity contribution in [2.75, 3.05) is 17.7 Å². The minimum Gasteiger partial charge on any atom is -0.494 e. The molecule has 1 aromatic carbocycles. The normalized spacial score (nSPS) is 10.6. The number of anilines is 4. The Morgan fingerprint density at radius 1 is 1.06 bits per heavy atom. The molecule has 0 aliphatic carbocycles. The Kier molecular flexibility index (Phi) is 6.67. The molecule has 3 heterocycles. The predicted molar refractivity (Wildman–Crippen MR) is 130 cm³/mol. The largest absolute Gasteiger partial charge is 0.494 e. The van der Waals surface area contributed by atoms with Crippen molar-refractivity contribution >= 4 is 34.8 Å². The molecule has 0 amide bonds. The SMILES string of the molecule is CCC(=O)c1cnc(Nc2cccc(C(=O)O)n2)cc1Nc1cccc(-c2ncn(C)n2)c1OC. The summed E-state index contributed by atoms with van der Waals surface area (Å²) in [6.45, 7) is 1.77. The molecule has 178 valence electrons. The summed E-state index contributed by atoms with van der Waals surface area (Å²) in [6, 6.07) is 11.7. The van der Waals surface area contributed by atoms with Gasteiger partial charge in [0.25, 0.3) is 0 Å². The molecule has 0 radical (unpaired) electrons. The number of carboxylic acids is 1. The molecule has 11 nitrogen and oxygen atoms in total. The van der Waals surface area contributed by atoms with Gasteiger partial charge in [-0.2, -0.15) is 5.10 Å². The van der Waals surface area contributed by atoms with E-state index in [4.69, 9.17) is 4.74 Å². The Morgan fingerprint density at radius 3 is 2.54 bits per heavy atom. The Labute approximate surface area is 200 Å². The van der Waals surface area contributed by atoms with Crippen molar-refractivity contribution in [1.82, 2.24) is 24.7 Å². The van der Waals surface area contributed by atoms with E-state index in [1.54, 1.807) is 50.3 Å². The van der Waals surface area contributed by atoms with Crippen molar-refractivity contribution in [3.05, 3.63) is 66.2 Å². The fraction of sp³-hybridized carbons (Fsp3) is 0.167. The lowest BCUT2D eigenvalue weighted by atomic mass is 10.1. The third-order valence-corrected chi connectivity index (χ3v) is 5.08. The molecule has 0 bridgehead atoms. The number of aromatic carboxylic acids is 1. The van der Waals surface area contributed by atoms with Crippen molar-refractivity contribution in [3.63, 3.8) is 0 Å². The van der Waals surface area contributed by atoms with Crippen LogP contribution in [-0.2, 0) is 7.05 Å². The smallest absolute Gasteiger partial charge is 0.354 e. The number of aromatic nitrogens is 5. The van der Waals surface area contributed by atoms with E-state index in [1.807, 2.05) is 18.2 Å². The summed E-state index contributed by atoms with van der Waals surface area (Å²) in [6.07, 6.45) is 3.36. The summed E-state index contributed by atoms with van der Waals surface area (Å²) in [5.74, 6) is 0.451. The van der Waals surface area contributed by atoms with Gasteiger partial charge in [0.15, 0.2) is 23.1 Å². The van der Waals surface area contributed by atoms with E-state index in [1.165, 1.54) is 12.3 Å². The average molecular weight is 473 g/mol. The quantitative estimate of drug-likeness (QED) is 0.304. The van der Waals surface area contributed by atoms with Crippen LogP contribution >= 0.6 is 0 Å². The summed E-state index contributed by atoms with van der Waals surface area (Å²) < 4.78 is 7.27. The fourth-order valence-electron chi connectivity index (χ4n) is 3.43. The van der Waals surface area contributed by atoms with Crippen LogP contribution in [0.1, 0.15) is 34.2 Å². The third-order valence-electron chi connectivity index (χ3n) is 5.08. The first kappa shape index (κ1) is 23.4. The number of carbonyl (C=O) groups excluding carboxylic acids is 1. The molecule has 0 spiro atoms. The maximum Gasteiger partial charge on any atom is 0.354 e. The summed E-state index contributed by atoms with van der Waals surface area (Å²) in [7, 11) is 3.33. The Hall–Kier alpha value is -4.80. The van der Waals surface area contributed by atoms with E-state index in [0.29, 0.717) is 52.1 Å². The Balaban J connectivity index is 1.72. The number of aryl methyl sites for hydroxylation is 1. The number of para-hydroxylation sites is 1. The van der Waals surface area contributed by atoms with Gasteiger partial charge in [-0.15, -0.1) is 0 Å². The zero-order valence-corrected chi connectivity index (χ0v) is 19.3. The molecule has 3 N–H and O–H groups in total. The molecule has 4 rings (SSSR count). The predicted octanol–water partition coefficient (Wildman–Crippen LogP) is 4.06. The maximum absolute atomic E-state index is 12.6. The number of ether oxygens (including phenoxy) is 1. The average Bonchev–Trinajstić information content (AvgIpc) is 3.30. The standard InChI is InChI=1S/C24H23N7O4/c1-4-19(32)15-12-25-21(29-20-10-6-9-17(28-20)24(33)34)11-18(15)27-16-8-5-7-14(22(16)35-3)23-26-13-31(2)30-23/h5-13H,4H2,1-3H3,(H,33,34)(H2,25,27,28,29). The van der Waals surface area contributed by atoms with Crippen molar-refractivity contribution in [2.45, 2.75) is 13.3 Å². The van der Waals surface area contributed by atoms with Crippen LogP contribution in [0.4, 0.5) is 23.0 Å². The van der Waals surface area contributed by atoms with Gasteiger partial charge in [-0.3, -0.25) is 9.48 Å². The number of hydrogen-bond donors (Lipinski definition) is 3. The molecule has 0 saturated heterocycles. The van der Waals surface area contributed by atoms with Crippen LogP contribution in [0.15, 0.2) is 55.0 Å². The van der Waals surface area contributed by atoms with Gasteiger partial charge in [-0.25, -0.2) is 19.7 Å². The maximum atomic E-state index is 12.6. The van der Waals surface area contributed by atoms with Crippen LogP contribution in [0.5, 0.6) is 5.75 Å². The highest BCUT2D eigenvalue weighted by atomic mass is 16.5. The summed E-state index contributed by atoms with van der Waals surface area (Å²) in [5.41, 5.74) is 2.08. The number of nitrogens with one attached hydrogen (secondary N) is 2. The van der Waals surface area contributed by atoms with Crippen LogP contribution in [-0.4, -0.2) is 48.7 Å². The van der Waals surface area contributed by atoms with Gasteiger partial charge in [-0.05, 0) is 24.3 Å². The number of pyridine rings is 2. The molecular formula is C24H23N7O4. The number of ketones is 1. The fourth-order valence-corrected chi connectivity index (χ4v) is 3.43. The van der Waals surface area contributed by atoms with Crippen LogP contribution in [0.2, 0.25) is 0 Å². The first-order valence-corrected chi connectivity index (χ1v) is 10.7. The zero-order valence-electron chi connectivity index (χ0n) is 19.3. The molecule has 0 aliphatic heterocycles. The van der Waals surface area contributed by atoms with Crippen molar-refractivity contribution in [2.24, 2.45) is 7.05 Å². The first-order chi connectivity index (χ1) is 16.9. The minimum atomic E-state index is -1.14. The lowest BCUT2D eigenvalue weighted by Crippen LogP contribution is -2.07. The molecule has 11 heteroatoms. The van der Waals surface area contributed by atoms with E-state index < -0.39 is 5.97 Å². The van der Waals surface area contributed by atoms with Gasteiger partial charge in [0.1, 0.15) is 18.0 Å². The summed E-state index contributed by atoms with van der Waals surface area (Å²) in [4.78, 5) is 36.5. The highest BCUT2D eigenvalue weighted by Gasteiger charge is 2.18. The highest BCUT2D eigenvalue weighted by Crippen LogP contribution is 2.37. The molecular weight excluding hydrogens is 450 g/mol. The number of carbonyl (C=O) groups is 2. The van der Waals surface area contributed by atoms with Crippen LogP contribution in [0.25, 0.3) is 11.4 Å². The summed E-state index contributed by atoms with van der Waals surface area (Å²) >= 11 is 0. The lowest BCUT2D eigenvalue weighted by Gasteiger charge is -2.17. The van der Waals surface area contributed by atoms with Gasteiger partial charge in [0, 0.05) is 25.7 Å². The number of Topliss-reactive ketones (excluding diaryl/α,β-unsaturated/α-hetero) is 1. The van der Waals surface area contributed by atoms with E-state index in [2.05, 4.69) is 30.7 Å². The zero-order chi connectivity index (χ0) is 24.9. The van der Waals surface area contributed by atoms with Gasteiger partial charge in [0.05, 0.1) is 29.6 Å². The van der Waals surface area contributed by atoms with Crippen molar-refractivity contribution in [1.29, 1.82) is 0 Å². The van der Waals surface area contributed by atoms with Crippen molar-refractivity contribution < 1.29 is 19.4 Å². The molecule has 0 aliphatic rings. The molecule has 0 saturated carbocycles. The second kappa shape index (κ2) is 10.00. The van der Waals surface area contributed by atoms with Crippen LogP contribution in [0, 0.1) is 0 Å². The van der Waals surface area contributed by atoms with E-state index in [9.17, 15) is 14.7 Å². The number of benzene rings is 1. The molecule has 0 unspecified atom stereocenters. The van der Waals surface area contributed by atoms with Crippen molar-refractivity contribution in [3.8, 4) is 17.1 Å². The lowest BCUT2D eigenvalue weighted by molar-refractivity contribution is 0.0690. The number of carboxylic acid groups (broad SMARTS) is 1. The highest BCUT2D eigenvalue weighted by molar-refractivity contribution is 6.02. The van der Waals surface area contributed by atoms with Gasteiger partial charge >= 0.3 is 5.97 Å². The second-order valence-corrected chi connectivity index (χ2v) is 7.48. The van der Waals surface area contributed by atoms with Crippen LogP contribution in [0.3, 0.4) is 0 Å². The van der Waals surface area contributed by atoms with Gasteiger partial charge < -0.3 is 20.5 Å². The molecule has 0 fully saturated rings. The minimum absolute atomic E-state index is 0.0981. The first-order valence-electron chi connectivity index (χ1n) is 10.7. The molecule has 0 atom stereocenters. The van der Waals surface area contributed by atoms with Gasteiger partial charge in [-0.1, -0.05) is 19.1 Å². The van der Waals surface area contributed by atoms with Crippen LogP contribution < -0.4 is 15.4 Å². The second-order valence-electron chi connectivity index (χ2n) is 7.48. The topological polar surface area (TPSA) is 144 Å².